The van der Waals surface area contributed by atoms with E-state index in [0.717, 1.165) is 36.7 Å². The molecule has 2 heterocycles. The summed E-state index contributed by atoms with van der Waals surface area (Å²) in [6.45, 7) is 2.86. The Kier molecular flexibility index (Phi) is 4.71. The van der Waals surface area contributed by atoms with Gasteiger partial charge in [0.1, 0.15) is 0 Å². The van der Waals surface area contributed by atoms with Crippen molar-refractivity contribution in [2.75, 3.05) is 6.61 Å². The SMILES string of the molecule is Cn1c(=O)c2cc(S(=O)(=O)NC3(C)CC3)ccc2n(CC2CCCCO2)c1=O. The van der Waals surface area contributed by atoms with Crippen molar-refractivity contribution in [3.8, 4) is 0 Å². The van der Waals surface area contributed by atoms with Crippen LogP contribution < -0.4 is 16.0 Å². The number of nitrogens with one attached hydrogen (secondary N) is 1. The molecule has 1 atom stereocenters. The topological polar surface area (TPSA) is 99.4 Å². The lowest BCUT2D eigenvalue weighted by atomic mass is 10.1. The van der Waals surface area contributed by atoms with E-state index in [0.29, 0.717) is 18.7 Å². The molecular weight excluding hydrogens is 382 g/mol. The van der Waals surface area contributed by atoms with Gasteiger partial charge in [-0.3, -0.25) is 13.9 Å². The van der Waals surface area contributed by atoms with Crippen molar-refractivity contribution in [2.24, 2.45) is 7.05 Å². The summed E-state index contributed by atoms with van der Waals surface area (Å²) in [4.78, 5) is 25.4. The molecule has 0 spiro atoms. The summed E-state index contributed by atoms with van der Waals surface area (Å²) in [5.74, 6) is 0. The molecule has 2 aliphatic rings. The first kappa shape index (κ1) is 19.4. The van der Waals surface area contributed by atoms with E-state index in [2.05, 4.69) is 4.72 Å². The van der Waals surface area contributed by atoms with Gasteiger partial charge in [0, 0.05) is 19.2 Å². The van der Waals surface area contributed by atoms with E-state index in [1.165, 1.54) is 23.7 Å². The fourth-order valence-corrected chi connectivity index (χ4v) is 5.14. The van der Waals surface area contributed by atoms with Crippen molar-refractivity contribution in [2.45, 2.75) is 62.1 Å². The Morgan fingerprint density at radius 1 is 1.25 bits per heavy atom. The molecule has 28 heavy (non-hydrogen) atoms. The van der Waals surface area contributed by atoms with E-state index in [1.807, 2.05) is 6.92 Å². The lowest BCUT2D eigenvalue weighted by Gasteiger charge is -2.24. The van der Waals surface area contributed by atoms with Crippen LogP contribution in [0, 0.1) is 0 Å². The summed E-state index contributed by atoms with van der Waals surface area (Å²) in [6.07, 6.45) is 4.39. The second-order valence-corrected chi connectivity index (χ2v) is 9.77. The third kappa shape index (κ3) is 3.54. The van der Waals surface area contributed by atoms with Crippen LogP contribution in [0.4, 0.5) is 0 Å². The highest BCUT2D eigenvalue weighted by atomic mass is 32.2. The molecule has 1 unspecified atom stereocenters. The van der Waals surface area contributed by atoms with E-state index < -0.39 is 26.8 Å². The molecule has 0 amide bonds. The number of aromatic nitrogens is 2. The Bertz CT molecular complexity index is 1140. The van der Waals surface area contributed by atoms with Crippen LogP contribution in [0.15, 0.2) is 32.7 Å². The molecule has 1 aliphatic heterocycles. The number of rotatable bonds is 5. The van der Waals surface area contributed by atoms with E-state index in [-0.39, 0.29) is 16.4 Å². The minimum absolute atomic E-state index is 0.0318. The van der Waals surface area contributed by atoms with Gasteiger partial charge < -0.3 is 4.74 Å². The zero-order valence-electron chi connectivity index (χ0n) is 16.1. The second kappa shape index (κ2) is 6.82. The molecule has 1 saturated heterocycles. The average Bonchev–Trinajstić information content (AvgIpc) is 3.39. The number of ether oxygens (including phenoxy) is 1. The molecule has 2 fully saturated rings. The summed E-state index contributed by atoms with van der Waals surface area (Å²) in [5, 5.41) is 0.210. The lowest BCUT2D eigenvalue weighted by molar-refractivity contribution is 0.00579. The summed E-state index contributed by atoms with van der Waals surface area (Å²) < 4.78 is 36.3. The summed E-state index contributed by atoms with van der Waals surface area (Å²) in [5.41, 5.74) is -0.907. The monoisotopic (exact) mass is 407 g/mol. The lowest BCUT2D eigenvalue weighted by Crippen LogP contribution is -2.41. The zero-order valence-corrected chi connectivity index (χ0v) is 16.9. The highest BCUT2D eigenvalue weighted by molar-refractivity contribution is 7.89. The maximum Gasteiger partial charge on any atom is 0.331 e. The Morgan fingerprint density at radius 2 is 2.00 bits per heavy atom. The molecule has 8 nitrogen and oxygen atoms in total. The Balaban J connectivity index is 1.80. The summed E-state index contributed by atoms with van der Waals surface area (Å²) >= 11 is 0. The fraction of sp³-hybridized carbons (Fsp3) is 0.579. The molecule has 1 aliphatic carbocycles. The molecule has 0 radical (unpaired) electrons. The van der Waals surface area contributed by atoms with E-state index >= 15 is 0 Å². The van der Waals surface area contributed by atoms with Crippen molar-refractivity contribution < 1.29 is 13.2 Å². The Morgan fingerprint density at radius 3 is 2.64 bits per heavy atom. The van der Waals surface area contributed by atoms with Gasteiger partial charge in [-0.2, -0.15) is 0 Å². The van der Waals surface area contributed by atoms with E-state index in [9.17, 15) is 18.0 Å². The Hall–Kier alpha value is -1.97. The quantitative estimate of drug-likeness (QED) is 0.800. The van der Waals surface area contributed by atoms with Gasteiger partial charge in [-0.25, -0.2) is 17.9 Å². The first-order chi connectivity index (χ1) is 13.2. The summed E-state index contributed by atoms with van der Waals surface area (Å²) in [6, 6.07) is 4.36. The van der Waals surface area contributed by atoms with Gasteiger partial charge in [0.15, 0.2) is 0 Å². The smallest absolute Gasteiger partial charge is 0.331 e. The molecule has 4 rings (SSSR count). The number of fused-ring (bicyclic) bond motifs is 1. The van der Waals surface area contributed by atoms with Crippen molar-refractivity contribution in [1.29, 1.82) is 0 Å². The predicted molar refractivity (Wildman–Crippen MR) is 105 cm³/mol. The number of hydrogen-bond donors (Lipinski definition) is 1. The standard InChI is InChI=1S/C19H25N3O5S/c1-19(8-9-19)20-28(25,26)14-6-7-16-15(11-14)17(23)21(2)18(24)22(16)12-13-5-3-4-10-27-13/h6-7,11,13,20H,3-5,8-10,12H2,1-2H3. The number of hydrogen-bond acceptors (Lipinski definition) is 5. The second-order valence-electron chi connectivity index (χ2n) is 8.09. The minimum Gasteiger partial charge on any atom is -0.376 e. The van der Waals surface area contributed by atoms with Gasteiger partial charge >= 0.3 is 5.69 Å². The van der Waals surface area contributed by atoms with Crippen LogP contribution in [0.25, 0.3) is 10.9 Å². The number of benzene rings is 1. The highest BCUT2D eigenvalue weighted by Crippen LogP contribution is 2.36. The number of sulfonamides is 1. The fourth-order valence-electron chi connectivity index (χ4n) is 3.64. The predicted octanol–water partition coefficient (Wildman–Crippen LogP) is 1.10. The van der Waals surface area contributed by atoms with Gasteiger partial charge in [0.05, 0.1) is 28.4 Å². The van der Waals surface area contributed by atoms with Crippen molar-refractivity contribution in [1.82, 2.24) is 13.9 Å². The Labute approximate surface area is 163 Å². The normalized spacial score (nSPS) is 21.7. The van der Waals surface area contributed by atoms with Crippen molar-refractivity contribution >= 4 is 20.9 Å². The first-order valence-electron chi connectivity index (χ1n) is 9.59. The highest BCUT2D eigenvalue weighted by Gasteiger charge is 2.41. The van der Waals surface area contributed by atoms with Gasteiger partial charge in [-0.15, -0.1) is 0 Å². The largest absolute Gasteiger partial charge is 0.376 e. The summed E-state index contributed by atoms with van der Waals surface area (Å²) in [7, 11) is -2.33. The molecule has 1 aromatic heterocycles. The first-order valence-corrected chi connectivity index (χ1v) is 11.1. The van der Waals surface area contributed by atoms with Crippen molar-refractivity contribution in [3.05, 3.63) is 39.0 Å². The molecular formula is C19H25N3O5S. The van der Waals surface area contributed by atoms with Crippen LogP contribution in [0.5, 0.6) is 0 Å². The van der Waals surface area contributed by atoms with Gasteiger partial charge in [0.2, 0.25) is 10.0 Å². The van der Waals surface area contributed by atoms with Crippen LogP contribution in [0.1, 0.15) is 39.0 Å². The third-order valence-electron chi connectivity index (χ3n) is 5.66. The van der Waals surface area contributed by atoms with Gasteiger partial charge in [0.25, 0.3) is 5.56 Å². The molecule has 1 aromatic carbocycles. The van der Waals surface area contributed by atoms with Crippen LogP contribution in [-0.4, -0.2) is 35.8 Å². The molecule has 9 heteroatoms. The zero-order chi connectivity index (χ0) is 20.1. The maximum atomic E-state index is 12.7. The van der Waals surface area contributed by atoms with Gasteiger partial charge in [-0.05, 0) is 57.2 Å². The molecule has 0 bridgehead atoms. The van der Waals surface area contributed by atoms with Crippen LogP contribution in [0.3, 0.4) is 0 Å². The third-order valence-corrected chi connectivity index (χ3v) is 7.30. The van der Waals surface area contributed by atoms with Crippen molar-refractivity contribution in [3.63, 3.8) is 0 Å². The van der Waals surface area contributed by atoms with Crippen LogP contribution in [0.2, 0.25) is 0 Å². The molecule has 1 saturated carbocycles. The minimum atomic E-state index is -3.74. The van der Waals surface area contributed by atoms with Gasteiger partial charge in [-0.1, -0.05) is 0 Å². The maximum absolute atomic E-state index is 12.7. The number of nitrogens with zero attached hydrogens (tertiary/aromatic N) is 2. The molecule has 152 valence electrons. The average molecular weight is 407 g/mol. The molecule has 2 aromatic rings. The molecule has 1 N–H and O–H groups in total. The van der Waals surface area contributed by atoms with E-state index in [4.69, 9.17) is 4.74 Å². The van der Waals surface area contributed by atoms with Crippen LogP contribution >= 0.6 is 0 Å². The van der Waals surface area contributed by atoms with Crippen LogP contribution in [-0.2, 0) is 28.4 Å². The van der Waals surface area contributed by atoms with E-state index in [1.54, 1.807) is 6.07 Å².